The number of hydrogen-bond acceptors (Lipinski definition) is 3. The fourth-order valence-electron chi connectivity index (χ4n) is 2.22. The van der Waals surface area contributed by atoms with E-state index in [-0.39, 0.29) is 15.5 Å². The molecule has 0 fully saturated rings. The summed E-state index contributed by atoms with van der Waals surface area (Å²) in [7, 11) is -3.85. The number of nitrogens with one attached hydrogen (secondary N) is 2. The molecule has 0 bridgehead atoms. The number of halogens is 1. The highest BCUT2D eigenvalue weighted by atomic mass is 35.5. The molecule has 2 N–H and O–H groups in total. The van der Waals surface area contributed by atoms with Crippen LogP contribution in [0.25, 0.3) is 0 Å². The zero-order chi connectivity index (χ0) is 18.8. The average molecular weight is 381 g/mol. The third-order valence-electron chi connectivity index (χ3n) is 3.32. The molecule has 0 atom stereocenters. The maximum absolute atomic E-state index is 12.5. The number of sulfonamides is 1. The first kappa shape index (κ1) is 19.4. The van der Waals surface area contributed by atoms with Crippen LogP contribution >= 0.6 is 11.6 Å². The second-order valence-corrected chi connectivity index (χ2v) is 8.83. The Bertz CT molecular complexity index is 903. The number of rotatable bonds is 4. The van der Waals surface area contributed by atoms with Crippen molar-refractivity contribution in [1.29, 1.82) is 0 Å². The zero-order valence-electron chi connectivity index (χ0n) is 14.6. The van der Waals surface area contributed by atoms with E-state index in [1.807, 2.05) is 25.1 Å². The molecule has 7 heteroatoms. The predicted octanol–water partition coefficient (Wildman–Crippen LogP) is 3.98. The van der Waals surface area contributed by atoms with Gasteiger partial charge in [0.15, 0.2) is 0 Å². The van der Waals surface area contributed by atoms with Gasteiger partial charge in [-0.2, -0.15) is 0 Å². The van der Waals surface area contributed by atoms with Crippen LogP contribution in [0.1, 0.15) is 36.7 Å². The van der Waals surface area contributed by atoms with Gasteiger partial charge in [-0.05, 0) is 57.5 Å². The second-order valence-electron chi connectivity index (χ2n) is 6.77. The van der Waals surface area contributed by atoms with Gasteiger partial charge in [0.2, 0.25) is 10.0 Å². The zero-order valence-corrected chi connectivity index (χ0v) is 16.1. The second kappa shape index (κ2) is 7.15. The van der Waals surface area contributed by atoms with E-state index in [1.165, 1.54) is 18.2 Å². The molecule has 0 spiro atoms. The number of para-hydroxylation sites is 1. The lowest BCUT2D eigenvalue weighted by atomic mass is 10.1. The molecule has 2 aromatic carbocycles. The van der Waals surface area contributed by atoms with Crippen molar-refractivity contribution < 1.29 is 13.2 Å². The van der Waals surface area contributed by atoms with Crippen molar-refractivity contribution in [3.05, 3.63) is 58.6 Å². The van der Waals surface area contributed by atoms with Gasteiger partial charge in [-0.25, -0.2) is 13.1 Å². The number of amides is 1. The van der Waals surface area contributed by atoms with Crippen LogP contribution in [0.4, 0.5) is 5.69 Å². The molecule has 5 nitrogen and oxygen atoms in total. The van der Waals surface area contributed by atoms with Gasteiger partial charge in [0.1, 0.15) is 4.90 Å². The van der Waals surface area contributed by atoms with Crippen LogP contribution in [0.15, 0.2) is 47.4 Å². The highest BCUT2D eigenvalue weighted by Crippen LogP contribution is 2.25. The number of aryl methyl sites for hydroxylation is 1. The Balaban J connectivity index is 2.36. The minimum atomic E-state index is -3.85. The number of anilines is 1. The highest BCUT2D eigenvalue weighted by Gasteiger charge is 2.25. The Morgan fingerprint density at radius 2 is 1.72 bits per heavy atom. The van der Waals surface area contributed by atoms with E-state index in [1.54, 1.807) is 26.8 Å². The van der Waals surface area contributed by atoms with Gasteiger partial charge < -0.3 is 5.32 Å². The summed E-state index contributed by atoms with van der Waals surface area (Å²) >= 11 is 6.05. The van der Waals surface area contributed by atoms with Crippen molar-refractivity contribution in [3.63, 3.8) is 0 Å². The van der Waals surface area contributed by atoms with Crippen LogP contribution in [0, 0.1) is 6.92 Å². The Morgan fingerprint density at radius 1 is 1.08 bits per heavy atom. The topological polar surface area (TPSA) is 75.3 Å². The molecule has 0 saturated heterocycles. The normalized spacial score (nSPS) is 12.0. The standard InChI is InChI=1S/C18H21ClN2O3S/c1-12-7-5-6-8-15(12)20-17(22)13-9-10-14(19)16(11-13)25(23,24)21-18(2,3)4/h5-11,21H,1-4H3,(H,20,22). The van der Waals surface area contributed by atoms with Crippen LogP contribution in [0.2, 0.25) is 5.02 Å². The quantitative estimate of drug-likeness (QED) is 0.842. The van der Waals surface area contributed by atoms with Gasteiger partial charge in [0.25, 0.3) is 5.91 Å². The minimum absolute atomic E-state index is 0.0594. The summed E-state index contributed by atoms with van der Waals surface area (Å²) in [6.45, 7) is 7.06. The lowest BCUT2D eigenvalue weighted by Gasteiger charge is -2.21. The third kappa shape index (κ3) is 5.04. The Labute approximate surface area is 153 Å². The Morgan fingerprint density at radius 3 is 2.32 bits per heavy atom. The summed E-state index contributed by atoms with van der Waals surface area (Å²) in [6, 6.07) is 11.5. The molecule has 2 rings (SSSR count). The van der Waals surface area contributed by atoms with Crippen molar-refractivity contribution in [2.75, 3.05) is 5.32 Å². The SMILES string of the molecule is Cc1ccccc1NC(=O)c1ccc(Cl)c(S(=O)(=O)NC(C)(C)C)c1. The van der Waals surface area contributed by atoms with Crippen molar-refractivity contribution in [3.8, 4) is 0 Å². The summed E-state index contributed by atoms with van der Waals surface area (Å²) in [4.78, 5) is 12.3. The molecule has 134 valence electrons. The number of carbonyl (C=O) groups excluding carboxylic acids is 1. The molecule has 0 aliphatic carbocycles. The first-order valence-corrected chi connectivity index (χ1v) is 9.56. The summed E-state index contributed by atoms with van der Waals surface area (Å²) in [5, 5.41) is 2.84. The van der Waals surface area contributed by atoms with Gasteiger partial charge >= 0.3 is 0 Å². The van der Waals surface area contributed by atoms with Crippen molar-refractivity contribution in [2.24, 2.45) is 0 Å². The van der Waals surface area contributed by atoms with Gasteiger partial charge in [0, 0.05) is 16.8 Å². The van der Waals surface area contributed by atoms with Crippen molar-refractivity contribution in [2.45, 2.75) is 38.1 Å². The van der Waals surface area contributed by atoms with E-state index in [2.05, 4.69) is 10.0 Å². The lowest BCUT2D eigenvalue weighted by molar-refractivity contribution is 0.102. The van der Waals surface area contributed by atoms with Crippen LogP contribution in [0.3, 0.4) is 0 Å². The lowest BCUT2D eigenvalue weighted by Crippen LogP contribution is -2.40. The molecule has 0 heterocycles. The summed E-state index contributed by atoms with van der Waals surface area (Å²) in [5.74, 6) is -0.404. The van der Waals surface area contributed by atoms with E-state index in [9.17, 15) is 13.2 Å². The van der Waals surface area contributed by atoms with Crippen molar-refractivity contribution >= 4 is 33.2 Å². The molecular weight excluding hydrogens is 360 g/mol. The smallest absolute Gasteiger partial charge is 0.255 e. The van der Waals surface area contributed by atoms with Gasteiger partial charge in [-0.3, -0.25) is 4.79 Å². The third-order valence-corrected chi connectivity index (χ3v) is 5.56. The molecule has 2 aromatic rings. The number of carbonyl (C=O) groups is 1. The molecule has 0 aromatic heterocycles. The van der Waals surface area contributed by atoms with E-state index in [4.69, 9.17) is 11.6 Å². The number of hydrogen-bond donors (Lipinski definition) is 2. The van der Waals surface area contributed by atoms with Gasteiger partial charge in [0.05, 0.1) is 5.02 Å². The van der Waals surface area contributed by atoms with Crippen LogP contribution in [-0.4, -0.2) is 19.9 Å². The van der Waals surface area contributed by atoms with E-state index in [0.717, 1.165) is 5.56 Å². The largest absolute Gasteiger partial charge is 0.322 e. The molecule has 25 heavy (non-hydrogen) atoms. The summed E-state index contributed by atoms with van der Waals surface area (Å²) in [6.07, 6.45) is 0. The number of benzene rings is 2. The summed E-state index contributed by atoms with van der Waals surface area (Å²) in [5.41, 5.74) is 1.12. The van der Waals surface area contributed by atoms with E-state index < -0.39 is 21.5 Å². The average Bonchev–Trinajstić information content (AvgIpc) is 2.47. The van der Waals surface area contributed by atoms with Crippen LogP contribution in [-0.2, 0) is 10.0 Å². The first-order chi connectivity index (χ1) is 11.5. The predicted molar refractivity (Wildman–Crippen MR) is 101 cm³/mol. The molecule has 0 radical (unpaired) electrons. The van der Waals surface area contributed by atoms with Crippen molar-refractivity contribution in [1.82, 2.24) is 4.72 Å². The van der Waals surface area contributed by atoms with Crippen LogP contribution in [0.5, 0.6) is 0 Å². The molecule has 1 amide bonds. The van der Waals surface area contributed by atoms with E-state index >= 15 is 0 Å². The Kier molecular flexibility index (Phi) is 5.56. The molecule has 0 aliphatic rings. The van der Waals surface area contributed by atoms with E-state index in [0.29, 0.717) is 5.69 Å². The van der Waals surface area contributed by atoms with Gasteiger partial charge in [-0.15, -0.1) is 0 Å². The fraction of sp³-hybridized carbons (Fsp3) is 0.278. The maximum Gasteiger partial charge on any atom is 0.255 e. The minimum Gasteiger partial charge on any atom is -0.322 e. The highest BCUT2D eigenvalue weighted by molar-refractivity contribution is 7.89. The monoisotopic (exact) mass is 380 g/mol. The van der Waals surface area contributed by atoms with Gasteiger partial charge in [-0.1, -0.05) is 29.8 Å². The van der Waals surface area contributed by atoms with Crippen LogP contribution < -0.4 is 10.0 Å². The fourth-order valence-corrected chi connectivity index (χ4v) is 4.16. The molecule has 0 aliphatic heterocycles. The Hall–Kier alpha value is -1.89. The molecular formula is C18H21ClN2O3S. The maximum atomic E-state index is 12.5. The first-order valence-electron chi connectivity index (χ1n) is 7.70. The molecule has 0 unspecified atom stereocenters. The summed E-state index contributed by atoms with van der Waals surface area (Å²) < 4.78 is 27.6. The molecule has 0 saturated carbocycles.